The van der Waals surface area contributed by atoms with Gasteiger partial charge in [0.15, 0.2) is 5.82 Å². The standard InChI is InChI=1S/C13H8Cl3N5/c14-7-4-5-11(9(15)6-7)21-13(18-19-20-21)8-2-1-3-10(17)12(8)16/h1-6H,17H2. The molecular weight excluding hydrogens is 333 g/mol. The summed E-state index contributed by atoms with van der Waals surface area (Å²) in [6, 6.07) is 10.3. The molecule has 8 heteroatoms. The van der Waals surface area contributed by atoms with Gasteiger partial charge in [0, 0.05) is 10.6 Å². The Morgan fingerprint density at radius 1 is 1.05 bits per heavy atom. The Kier molecular flexibility index (Phi) is 3.71. The van der Waals surface area contributed by atoms with Crippen LogP contribution < -0.4 is 5.73 Å². The quantitative estimate of drug-likeness (QED) is 0.719. The molecule has 3 aromatic rings. The third-order valence-corrected chi connectivity index (χ3v) is 3.84. The van der Waals surface area contributed by atoms with Crippen LogP contribution in [-0.4, -0.2) is 20.2 Å². The van der Waals surface area contributed by atoms with Gasteiger partial charge >= 0.3 is 0 Å². The summed E-state index contributed by atoms with van der Waals surface area (Å²) in [7, 11) is 0. The average molecular weight is 341 g/mol. The second kappa shape index (κ2) is 5.52. The van der Waals surface area contributed by atoms with E-state index in [1.54, 1.807) is 36.4 Å². The molecule has 0 aliphatic rings. The van der Waals surface area contributed by atoms with Crippen molar-refractivity contribution in [2.75, 3.05) is 5.73 Å². The predicted octanol–water partition coefficient (Wildman–Crippen LogP) is 3.87. The zero-order valence-electron chi connectivity index (χ0n) is 10.5. The van der Waals surface area contributed by atoms with Crippen LogP contribution in [0.15, 0.2) is 36.4 Å². The molecule has 0 bridgehead atoms. The van der Waals surface area contributed by atoms with E-state index in [9.17, 15) is 0 Å². The number of nitrogens with two attached hydrogens (primary N) is 1. The van der Waals surface area contributed by atoms with Gasteiger partial charge in [0.25, 0.3) is 0 Å². The van der Waals surface area contributed by atoms with Gasteiger partial charge in [0.2, 0.25) is 0 Å². The molecule has 0 radical (unpaired) electrons. The first-order valence-electron chi connectivity index (χ1n) is 5.86. The number of rotatable bonds is 2. The Labute approximate surface area is 135 Å². The van der Waals surface area contributed by atoms with Crippen LogP contribution >= 0.6 is 34.8 Å². The number of aromatic nitrogens is 4. The molecule has 0 aliphatic carbocycles. The van der Waals surface area contributed by atoms with Crippen molar-refractivity contribution in [3.8, 4) is 17.1 Å². The Balaban J connectivity index is 2.20. The second-order valence-electron chi connectivity index (χ2n) is 4.22. The minimum absolute atomic E-state index is 0.388. The lowest BCUT2D eigenvalue weighted by molar-refractivity contribution is 0.791. The van der Waals surface area contributed by atoms with Crippen LogP contribution in [0.2, 0.25) is 15.1 Å². The molecule has 0 saturated carbocycles. The highest BCUT2D eigenvalue weighted by Crippen LogP contribution is 2.33. The van der Waals surface area contributed by atoms with Gasteiger partial charge in [-0.25, -0.2) is 0 Å². The minimum atomic E-state index is 0.388. The number of anilines is 1. The number of benzene rings is 2. The summed E-state index contributed by atoms with van der Waals surface area (Å²) in [4.78, 5) is 0. The Hall–Kier alpha value is -1.82. The lowest BCUT2D eigenvalue weighted by Gasteiger charge is -2.09. The maximum Gasteiger partial charge on any atom is 0.188 e. The lowest BCUT2D eigenvalue weighted by Crippen LogP contribution is -2.01. The van der Waals surface area contributed by atoms with Crippen molar-refractivity contribution >= 4 is 40.5 Å². The Bertz CT molecular complexity index is 815. The molecule has 106 valence electrons. The molecule has 21 heavy (non-hydrogen) atoms. The molecule has 0 unspecified atom stereocenters. The van der Waals surface area contributed by atoms with E-state index in [0.29, 0.717) is 37.8 Å². The molecule has 5 nitrogen and oxygen atoms in total. The molecule has 2 aromatic carbocycles. The molecule has 1 aromatic heterocycles. The van der Waals surface area contributed by atoms with Crippen molar-refractivity contribution < 1.29 is 0 Å². The van der Waals surface area contributed by atoms with Crippen LogP contribution in [-0.2, 0) is 0 Å². The monoisotopic (exact) mass is 339 g/mol. The van der Waals surface area contributed by atoms with Gasteiger partial charge in [-0.2, -0.15) is 4.68 Å². The molecule has 2 N–H and O–H groups in total. The van der Waals surface area contributed by atoms with Gasteiger partial charge in [0.1, 0.15) is 0 Å². The van der Waals surface area contributed by atoms with Crippen molar-refractivity contribution in [2.24, 2.45) is 0 Å². The van der Waals surface area contributed by atoms with E-state index >= 15 is 0 Å². The van der Waals surface area contributed by atoms with E-state index < -0.39 is 0 Å². The van der Waals surface area contributed by atoms with Crippen LogP contribution in [0.25, 0.3) is 17.1 Å². The zero-order chi connectivity index (χ0) is 15.0. The Morgan fingerprint density at radius 2 is 1.86 bits per heavy atom. The second-order valence-corrected chi connectivity index (χ2v) is 5.44. The molecule has 1 heterocycles. The van der Waals surface area contributed by atoms with E-state index in [1.807, 2.05) is 0 Å². The smallest absolute Gasteiger partial charge is 0.188 e. The van der Waals surface area contributed by atoms with Crippen molar-refractivity contribution in [1.82, 2.24) is 20.2 Å². The van der Waals surface area contributed by atoms with Crippen molar-refractivity contribution in [3.05, 3.63) is 51.5 Å². The fourth-order valence-corrected chi connectivity index (χ4v) is 2.59. The number of tetrazole rings is 1. The van der Waals surface area contributed by atoms with Gasteiger partial charge < -0.3 is 5.73 Å². The van der Waals surface area contributed by atoms with Crippen molar-refractivity contribution in [1.29, 1.82) is 0 Å². The summed E-state index contributed by atoms with van der Waals surface area (Å²) < 4.78 is 1.49. The molecule has 0 aliphatic heterocycles. The molecular formula is C13H8Cl3N5. The van der Waals surface area contributed by atoms with E-state index in [0.717, 1.165) is 0 Å². The number of nitrogen functional groups attached to an aromatic ring is 1. The third-order valence-electron chi connectivity index (χ3n) is 2.88. The van der Waals surface area contributed by atoms with Gasteiger partial charge in [-0.15, -0.1) is 5.10 Å². The average Bonchev–Trinajstić information content (AvgIpc) is 2.91. The van der Waals surface area contributed by atoms with Gasteiger partial charge in [0.05, 0.1) is 21.4 Å². The first-order valence-corrected chi connectivity index (χ1v) is 6.99. The minimum Gasteiger partial charge on any atom is -0.398 e. The lowest BCUT2D eigenvalue weighted by atomic mass is 10.2. The fraction of sp³-hybridized carbons (Fsp3) is 0. The summed E-state index contributed by atoms with van der Waals surface area (Å²) in [6.07, 6.45) is 0. The number of hydrogen-bond donors (Lipinski definition) is 1. The van der Waals surface area contributed by atoms with E-state index in [-0.39, 0.29) is 0 Å². The molecule has 0 fully saturated rings. The Morgan fingerprint density at radius 3 is 2.62 bits per heavy atom. The summed E-state index contributed by atoms with van der Waals surface area (Å²) in [5, 5.41) is 13.0. The molecule has 0 spiro atoms. The first-order chi connectivity index (χ1) is 10.1. The SMILES string of the molecule is Nc1cccc(-c2nnnn2-c2ccc(Cl)cc2Cl)c1Cl. The topological polar surface area (TPSA) is 69.6 Å². The number of halogens is 3. The highest BCUT2D eigenvalue weighted by molar-refractivity contribution is 6.36. The van der Waals surface area contributed by atoms with Gasteiger partial charge in [-0.05, 0) is 40.8 Å². The van der Waals surface area contributed by atoms with Crippen LogP contribution in [0.3, 0.4) is 0 Å². The van der Waals surface area contributed by atoms with Crippen molar-refractivity contribution in [2.45, 2.75) is 0 Å². The highest BCUT2D eigenvalue weighted by Gasteiger charge is 2.17. The maximum atomic E-state index is 6.22. The molecule has 0 amide bonds. The molecule has 0 atom stereocenters. The summed E-state index contributed by atoms with van der Waals surface area (Å²) in [6.45, 7) is 0. The van der Waals surface area contributed by atoms with Gasteiger partial charge in [-0.1, -0.05) is 40.9 Å². The van der Waals surface area contributed by atoms with E-state index in [2.05, 4.69) is 15.5 Å². The fourth-order valence-electron chi connectivity index (χ4n) is 1.89. The third kappa shape index (κ3) is 2.55. The van der Waals surface area contributed by atoms with Gasteiger partial charge in [-0.3, -0.25) is 0 Å². The molecule has 3 rings (SSSR count). The van der Waals surface area contributed by atoms with Crippen LogP contribution in [0, 0.1) is 0 Å². The van der Waals surface area contributed by atoms with Crippen molar-refractivity contribution in [3.63, 3.8) is 0 Å². The maximum absolute atomic E-state index is 6.22. The zero-order valence-corrected chi connectivity index (χ0v) is 12.7. The summed E-state index contributed by atoms with van der Waals surface area (Å²) >= 11 is 18.3. The predicted molar refractivity (Wildman–Crippen MR) is 84.0 cm³/mol. The van der Waals surface area contributed by atoms with Crippen LogP contribution in [0.4, 0.5) is 5.69 Å². The van der Waals surface area contributed by atoms with E-state index in [1.165, 1.54) is 4.68 Å². The number of nitrogens with zero attached hydrogens (tertiary/aromatic N) is 4. The first kappa shape index (κ1) is 14.1. The highest BCUT2D eigenvalue weighted by atomic mass is 35.5. The van der Waals surface area contributed by atoms with Crippen LogP contribution in [0.5, 0.6) is 0 Å². The number of hydrogen-bond acceptors (Lipinski definition) is 4. The van der Waals surface area contributed by atoms with E-state index in [4.69, 9.17) is 40.5 Å². The summed E-state index contributed by atoms with van der Waals surface area (Å²) in [5.74, 6) is 0.441. The van der Waals surface area contributed by atoms with Crippen LogP contribution in [0.1, 0.15) is 0 Å². The summed E-state index contributed by atoms with van der Waals surface area (Å²) in [5.41, 5.74) is 7.48. The normalized spacial score (nSPS) is 10.8. The largest absolute Gasteiger partial charge is 0.398 e. The molecule has 0 saturated heterocycles.